The van der Waals surface area contributed by atoms with Gasteiger partial charge in [0.15, 0.2) is 0 Å². The molecule has 1 N–H and O–H groups in total. The van der Waals surface area contributed by atoms with Crippen molar-refractivity contribution in [1.82, 2.24) is 0 Å². The van der Waals surface area contributed by atoms with Gasteiger partial charge in [0.2, 0.25) is 5.91 Å². The molecule has 1 aliphatic carbocycles. The zero-order valence-corrected chi connectivity index (χ0v) is 13.3. The maximum Gasteiger partial charge on any atom is 0.224 e. The largest absolute Gasteiger partial charge is 0.457 e. The van der Waals surface area contributed by atoms with Crippen LogP contribution in [-0.2, 0) is 4.79 Å². The number of para-hydroxylation sites is 1. The molecule has 1 aliphatic rings. The van der Waals surface area contributed by atoms with Gasteiger partial charge in [-0.3, -0.25) is 4.79 Å². The van der Waals surface area contributed by atoms with E-state index in [1.54, 1.807) is 0 Å². The summed E-state index contributed by atoms with van der Waals surface area (Å²) in [7, 11) is 0. The normalized spacial score (nSPS) is 14.6. The van der Waals surface area contributed by atoms with Crippen LogP contribution in [0.3, 0.4) is 0 Å². The second-order valence-electron chi connectivity index (χ2n) is 6.18. The second-order valence-corrected chi connectivity index (χ2v) is 6.18. The molecule has 0 saturated heterocycles. The third-order valence-corrected chi connectivity index (χ3v) is 4.37. The van der Waals surface area contributed by atoms with Crippen LogP contribution in [0, 0.1) is 5.92 Å². The van der Waals surface area contributed by atoms with Crippen LogP contribution in [0.4, 0.5) is 5.69 Å². The minimum Gasteiger partial charge on any atom is -0.457 e. The minimum absolute atomic E-state index is 0.105. The third kappa shape index (κ3) is 4.85. The molecule has 0 spiro atoms. The van der Waals surface area contributed by atoms with Crippen LogP contribution in [0.2, 0.25) is 0 Å². The first-order chi connectivity index (χ1) is 11.3. The number of ether oxygens (including phenoxy) is 1. The summed E-state index contributed by atoms with van der Waals surface area (Å²) in [6.07, 6.45) is 6.87. The molecular formula is C20H23NO2. The van der Waals surface area contributed by atoms with Crippen molar-refractivity contribution in [3.05, 3.63) is 54.6 Å². The molecule has 0 bridgehead atoms. The molecule has 1 amide bonds. The Morgan fingerprint density at radius 2 is 1.61 bits per heavy atom. The van der Waals surface area contributed by atoms with Gasteiger partial charge in [-0.2, -0.15) is 0 Å². The van der Waals surface area contributed by atoms with E-state index in [2.05, 4.69) is 5.32 Å². The lowest BCUT2D eigenvalue weighted by Crippen LogP contribution is -2.12. The molecular weight excluding hydrogens is 286 g/mol. The van der Waals surface area contributed by atoms with E-state index in [0.717, 1.165) is 29.5 Å². The summed E-state index contributed by atoms with van der Waals surface area (Å²) in [4.78, 5) is 12.0. The summed E-state index contributed by atoms with van der Waals surface area (Å²) in [6.45, 7) is 0. The number of carbonyl (C=O) groups is 1. The zero-order chi connectivity index (χ0) is 15.9. The van der Waals surface area contributed by atoms with Gasteiger partial charge in [0.1, 0.15) is 11.5 Å². The van der Waals surface area contributed by atoms with Crippen molar-refractivity contribution in [1.29, 1.82) is 0 Å². The highest BCUT2D eigenvalue weighted by Crippen LogP contribution is 2.28. The molecule has 120 valence electrons. The van der Waals surface area contributed by atoms with Crippen LogP contribution in [0.25, 0.3) is 0 Å². The van der Waals surface area contributed by atoms with Crippen molar-refractivity contribution < 1.29 is 9.53 Å². The van der Waals surface area contributed by atoms with Crippen LogP contribution < -0.4 is 10.1 Å². The molecule has 1 fully saturated rings. The highest BCUT2D eigenvalue weighted by molar-refractivity contribution is 5.90. The fourth-order valence-electron chi connectivity index (χ4n) is 3.09. The molecule has 3 rings (SSSR count). The van der Waals surface area contributed by atoms with E-state index in [1.807, 2.05) is 54.6 Å². The first-order valence-corrected chi connectivity index (χ1v) is 8.42. The fraction of sp³-hybridized carbons (Fsp3) is 0.350. The quantitative estimate of drug-likeness (QED) is 0.777. The van der Waals surface area contributed by atoms with Crippen molar-refractivity contribution in [2.75, 3.05) is 5.32 Å². The monoisotopic (exact) mass is 309 g/mol. The first kappa shape index (κ1) is 15.6. The lowest BCUT2D eigenvalue weighted by atomic mass is 10.0. The smallest absolute Gasteiger partial charge is 0.224 e. The predicted molar refractivity (Wildman–Crippen MR) is 92.8 cm³/mol. The molecule has 0 aromatic heterocycles. The van der Waals surface area contributed by atoms with E-state index in [9.17, 15) is 4.79 Å². The van der Waals surface area contributed by atoms with E-state index in [1.165, 1.54) is 25.7 Å². The van der Waals surface area contributed by atoms with E-state index in [4.69, 9.17) is 4.74 Å². The second kappa shape index (κ2) is 7.82. The Kier molecular flexibility index (Phi) is 5.30. The van der Waals surface area contributed by atoms with Crippen LogP contribution in [-0.4, -0.2) is 5.91 Å². The summed E-state index contributed by atoms with van der Waals surface area (Å²) in [5.41, 5.74) is 0.821. The van der Waals surface area contributed by atoms with Gasteiger partial charge in [-0.15, -0.1) is 0 Å². The van der Waals surface area contributed by atoms with Gasteiger partial charge in [0, 0.05) is 12.1 Å². The number of hydrogen-bond donors (Lipinski definition) is 1. The molecule has 2 aromatic carbocycles. The molecule has 0 heterocycles. The van der Waals surface area contributed by atoms with Gasteiger partial charge in [-0.25, -0.2) is 0 Å². The Bertz CT molecular complexity index is 616. The highest BCUT2D eigenvalue weighted by Gasteiger charge is 2.16. The SMILES string of the molecule is O=C(CCC1CCCC1)Nc1ccc(Oc2ccccc2)cc1. The van der Waals surface area contributed by atoms with Crippen LogP contribution in [0.5, 0.6) is 11.5 Å². The van der Waals surface area contributed by atoms with Gasteiger partial charge in [0.05, 0.1) is 0 Å². The van der Waals surface area contributed by atoms with Gasteiger partial charge in [-0.05, 0) is 48.7 Å². The van der Waals surface area contributed by atoms with Crippen molar-refractivity contribution in [3.63, 3.8) is 0 Å². The number of rotatable bonds is 6. The summed E-state index contributed by atoms with van der Waals surface area (Å²) in [5.74, 6) is 2.43. The molecule has 0 radical (unpaired) electrons. The Balaban J connectivity index is 1.47. The van der Waals surface area contributed by atoms with E-state index >= 15 is 0 Å². The molecule has 3 nitrogen and oxygen atoms in total. The molecule has 0 aliphatic heterocycles. The molecule has 1 saturated carbocycles. The third-order valence-electron chi connectivity index (χ3n) is 4.37. The minimum atomic E-state index is 0.105. The topological polar surface area (TPSA) is 38.3 Å². The van der Waals surface area contributed by atoms with E-state index in [0.29, 0.717) is 6.42 Å². The lowest BCUT2D eigenvalue weighted by molar-refractivity contribution is -0.116. The van der Waals surface area contributed by atoms with Gasteiger partial charge < -0.3 is 10.1 Å². The summed E-state index contributed by atoms with van der Waals surface area (Å²) in [5, 5.41) is 2.96. The van der Waals surface area contributed by atoms with Gasteiger partial charge in [-0.1, -0.05) is 43.9 Å². The van der Waals surface area contributed by atoms with Crippen LogP contribution >= 0.6 is 0 Å². The maximum atomic E-state index is 12.0. The Morgan fingerprint density at radius 3 is 2.30 bits per heavy atom. The number of hydrogen-bond acceptors (Lipinski definition) is 2. The number of nitrogens with one attached hydrogen (secondary N) is 1. The zero-order valence-electron chi connectivity index (χ0n) is 13.3. The van der Waals surface area contributed by atoms with Crippen molar-refractivity contribution in [3.8, 4) is 11.5 Å². The molecule has 2 aromatic rings. The van der Waals surface area contributed by atoms with Crippen molar-refractivity contribution in [2.45, 2.75) is 38.5 Å². The van der Waals surface area contributed by atoms with E-state index in [-0.39, 0.29) is 5.91 Å². The predicted octanol–water partition coefficient (Wildman–Crippen LogP) is 5.39. The Labute approximate surface area is 137 Å². The summed E-state index contributed by atoms with van der Waals surface area (Å²) in [6, 6.07) is 17.2. The Morgan fingerprint density at radius 1 is 0.957 bits per heavy atom. The Hall–Kier alpha value is -2.29. The summed E-state index contributed by atoms with van der Waals surface area (Å²) < 4.78 is 5.74. The van der Waals surface area contributed by atoms with Gasteiger partial charge in [0.25, 0.3) is 0 Å². The maximum absolute atomic E-state index is 12.0. The first-order valence-electron chi connectivity index (χ1n) is 8.42. The van der Waals surface area contributed by atoms with Crippen LogP contribution in [0.15, 0.2) is 54.6 Å². The molecule has 0 atom stereocenters. The van der Waals surface area contributed by atoms with Crippen molar-refractivity contribution in [2.24, 2.45) is 5.92 Å². The molecule has 23 heavy (non-hydrogen) atoms. The van der Waals surface area contributed by atoms with Gasteiger partial charge >= 0.3 is 0 Å². The van der Waals surface area contributed by atoms with Crippen LogP contribution in [0.1, 0.15) is 38.5 Å². The number of amides is 1. The lowest BCUT2D eigenvalue weighted by Gasteiger charge is -2.10. The van der Waals surface area contributed by atoms with Crippen molar-refractivity contribution >= 4 is 11.6 Å². The standard InChI is InChI=1S/C20H23NO2/c22-20(15-10-16-6-4-5-7-16)21-17-11-13-19(14-12-17)23-18-8-2-1-3-9-18/h1-3,8-9,11-14,16H,4-7,10,15H2,(H,21,22). The van der Waals surface area contributed by atoms with E-state index < -0.39 is 0 Å². The average molecular weight is 309 g/mol. The number of anilines is 1. The average Bonchev–Trinajstić information content (AvgIpc) is 3.09. The number of carbonyl (C=O) groups excluding carboxylic acids is 1. The highest BCUT2D eigenvalue weighted by atomic mass is 16.5. The molecule has 0 unspecified atom stereocenters. The number of benzene rings is 2. The fourth-order valence-corrected chi connectivity index (χ4v) is 3.09. The molecule has 3 heteroatoms. The summed E-state index contributed by atoms with van der Waals surface area (Å²) >= 11 is 0.